The minimum Gasteiger partial charge on any atom is -0.493 e. The molecule has 2 aromatic carbocycles. The fourth-order valence-corrected chi connectivity index (χ4v) is 4.54. The second-order valence-electron chi connectivity index (χ2n) is 7.95. The summed E-state index contributed by atoms with van der Waals surface area (Å²) >= 11 is 5.99. The van der Waals surface area contributed by atoms with Crippen LogP contribution in [0.1, 0.15) is 27.5 Å². The number of Topliss-reactive ketones (excluding diaryl/α,β-unsaturated/α-hetero) is 1. The monoisotopic (exact) mass is 532 g/mol. The lowest BCUT2D eigenvalue weighted by Crippen LogP contribution is -2.65. The fourth-order valence-electron chi connectivity index (χ4n) is 4.41. The van der Waals surface area contributed by atoms with Gasteiger partial charge in [0.1, 0.15) is 12.6 Å². The average molecular weight is 533 g/mol. The number of hydrazine groups is 1. The van der Waals surface area contributed by atoms with Gasteiger partial charge in [0.05, 0.1) is 34.0 Å². The maximum Gasteiger partial charge on any atom is 0.432 e. The molecule has 12 heteroatoms. The predicted octanol–water partition coefficient (Wildman–Crippen LogP) is 4.14. The molecule has 0 saturated heterocycles. The van der Waals surface area contributed by atoms with Crippen molar-refractivity contribution in [1.82, 2.24) is 10.0 Å². The Morgan fingerprint density at radius 1 is 0.973 bits per heavy atom. The number of ether oxygens (including phenoxy) is 6. The molecule has 2 heterocycles. The SMILES string of the molecule is COC(=O)N1[C@@H]2C=C[C@@](OC)(C(=O)c3c2cc(OC)c(OC)c3OCc2ccc(Cl)cc2)N1C(=O)OC. The number of ketones is 1. The maximum atomic E-state index is 14.3. The molecule has 0 fully saturated rings. The van der Waals surface area contributed by atoms with Gasteiger partial charge in [-0.3, -0.25) is 4.79 Å². The van der Waals surface area contributed by atoms with Gasteiger partial charge in [0.25, 0.3) is 0 Å². The molecule has 5 rings (SSSR count). The normalized spacial score (nSPS) is 19.7. The van der Waals surface area contributed by atoms with E-state index in [4.69, 9.17) is 40.0 Å². The van der Waals surface area contributed by atoms with E-state index < -0.39 is 29.7 Å². The number of nitrogens with zero attached hydrogens (tertiary/aromatic N) is 2. The van der Waals surface area contributed by atoms with Crippen LogP contribution in [-0.2, 0) is 20.8 Å². The smallest absolute Gasteiger partial charge is 0.432 e. The van der Waals surface area contributed by atoms with Crippen LogP contribution in [0.25, 0.3) is 0 Å². The Hall–Kier alpha value is -3.96. The lowest BCUT2D eigenvalue weighted by atomic mass is 9.95. The minimum absolute atomic E-state index is 0.0313. The van der Waals surface area contributed by atoms with Crippen molar-refractivity contribution in [2.24, 2.45) is 0 Å². The Balaban J connectivity index is 1.98. The van der Waals surface area contributed by atoms with Gasteiger partial charge in [-0.05, 0) is 35.4 Å². The first-order valence-corrected chi connectivity index (χ1v) is 11.4. The number of carbonyl (C=O) groups excluding carboxylic acids is 3. The van der Waals surface area contributed by atoms with Crippen molar-refractivity contribution >= 4 is 29.6 Å². The molecule has 0 N–H and O–H groups in total. The Bertz CT molecular complexity index is 1260. The molecule has 1 aliphatic carbocycles. The number of hydrogen-bond donors (Lipinski definition) is 0. The third-order valence-corrected chi connectivity index (χ3v) is 6.39. The highest BCUT2D eigenvalue weighted by molar-refractivity contribution is 6.30. The van der Waals surface area contributed by atoms with Gasteiger partial charge < -0.3 is 28.4 Å². The number of rotatable bonds is 6. The molecule has 3 aliphatic rings. The topological polar surface area (TPSA) is 113 Å². The van der Waals surface area contributed by atoms with Crippen molar-refractivity contribution in [3.63, 3.8) is 0 Å². The van der Waals surface area contributed by atoms with E-state index in [1.807, 2.05) is 0 Å². The van der Waals surface area contributed by atoms with Crippen LogP contribution in [0.2, 0.25) is 5.02 Å². The first kappa shape index (κ1) is 26.1. The van der Waals surface area contributed by atoms with E-state index in [-0.39, 0.29) is 29.4 Å². The van der Waals surface area contributed by atoms with Crippen LogP contribution in [0.15, 0.2) is 42.5 Å². The van der Waals surface area contributed by atoms with E-state index in [1.54, 1.807) is 36.4 Å². The first-order chi connectivity index (χ1) is 17.8. The Morgan fingerprint density at radius 2 is 1.65 bits per heavy atom. The molecule has 0 spiro atoms. The number of benzene rings is 2. The predicted molar refractivity (Wildman–Crippen MR) is 130 cm³/mol. The van der Waals surface area contributed by atoms with Crippen LogP contribution in [0.3, 0.4) is 0 Å². The Morgan fingerprint density at radius 3 is 2.22 bits per heavy atom. The zero-order valence-corrected chi connectivity index (χ0v) is 21.5. The molecule has 0 unspecified atom stereocenters. The standard InChI is InChI=1S/C25H25ClN2O9/c1-32-18-12-16-17-10-11-25(36-5,28(24(31)35-4)27(17)23(30)34-3)22(29)19(16)21(20(18)33-2)37-13-14-6-8-15(26)9-7-14/h6-12,17H,13H2,1-5H3/t17-,25-/m1/s1. The van der Waals surface area contributed by atoms with Gasteiger partial charge in [-0.15, -0.1) is 0 Å². The number of halogens is 1. The third-order valence-electron chi connectivity index (χ3n) is 6.14. The summed E-state index contributed by atoms with van der Waals surface area (Å²) in [7, 11) is 6.33. The van der Waals surface area contributed by atoms with E-state index in [0.29, 0.717) is 10.6 Å². The van der Waals surface area contributed by atoms with Gasteiger partial charge in [0.15, 0.2) is 11.5 Å². The first-order valence-electron chi connectivity index (χ1n) is 11.0. The van der Waals surface area contributed by atoms with Crippen molar-refractivity contribution < 1.29 is 42.8 Å². The zero-order chi connectivity index (χ0) is 26.9. The van der Waals surface area contributed by atoms with Crippen molar-refractivity contribution in [1.29, 1.82) is 0 Å². The van der Waals surface area contributed by atoms with E-state index in [2.05, 4.69) is 0 Å². The molecular weight excluding hydrogens is 508 g/mol. The van der Waals surface area contributed by atoms with Crippen LogP contribution < -0.4 is 14.2 Å². The van der Waals surface area contributed by atoms with Crippen LogP contribution in [-0.4, -0.2) is 69.3 Å². The molecule has 2 amide bonds. The quantitative estimate of drug-likeness (QED) is 0.506. The Kier molecular flexibility index (Phi) is 7.19. The summed E-state index contributed by atoms with van der Waals surface area (Å²) < 4.78 is 32.8. The summed E-state index contributed by atoms with van der Waals surface area (Å²) in [6.07, 6.45) is 0.988. The average Bonchev–Trinajstić information content (AvgIpc) is 3.10. The largest absolute Gasteiger partial charge is 0.493 e. The molecule has 37 heavy (non-hydrogen) atoms. The number of carbonyl (C=O) groups is 3. The lowest BCUT2D eigenvalue weighted by molar-refractivity contribution is -0.155. The minimum atomic E-state index is -2.10. The van der Waals surface area contributed by atoms with Crippen molar-refractivity contribution in [2.45, 2.75) is 18.4 Å². The highest BCUT2D eigenvalue weighted by atomic mass is 35.5. The molecule has 11 nitrogen and oxygen atoms in total. The van der Waals surface area contributed by atoms with Crippen LogP contribution in [0.4, 0.5) is 9.59 Å². The summed E-state index contributed by atoms with van der Waals surface area (Å²) in [5.41, 5.74) is -1.01. The number of hydrogen-bond acceptors (Lipinski definition) is 9. The third kappa shape index (κ3) is 4.09. The molecule has 0 saturated carbocycles. The van der Waals surface area contributed by atoms with Crippen LogP contribution >= 0.6 is 11.6 Å². The van der Waals surface area contributed by atoms with E-state index in [0.717, 1.165) is 29.8 Å². The molecular formula is C25H25ClN2O9. The van der Waals surface area contributed by atoms with Crippen LogP contribution in [0, 0.1) is 0 Å². The van der Waals surface area contributed by atoms with Crippen molar-refractivity contribution in [3.8, 4) is 17.2 Å². The fraction of sp³-hybridized carbons (Fsp3) is 0.320. The summed E-state index contributed by atoms with van der Waals surface area (Å²) in [6, 6.07) is 7.51. The molecule has 0 aromatic heterocycles. The van der Waals surface area contributed by atoms with Gasteiger partial charge in [0, 0.05) is 12.1 Å². The maximum absolute atomic E-state index is 14.3. The van der Waals surface area contributed by atoms with Crippen LogP contribution in [0.5, 0.6) is 17.2 Å². The van der Waals surface area contributed by atoms with E-state index in [1.165, 1.54) is 27.4 Å². The second-order valence-corrected chi connectivity index (χ2v) is 8.39. The number of amides is 2. The Labute approximate surface area is 217 Å². The summed E-state index contributed by atoms with van der Waals surface area (Å²) in [5.74, 6) is -0.277. The van der Waals surface area contributed by atoms with Gasteiger partial charge in [-0.1, -0.05) is 29.8 Å². The molecule has 2 bridgehead atoms. The lowest BCUT2D eigenvalue weighted by Gasteiger charge is -2.45. The van der Waals surface area contributed by atoms with E-state index >= 15 is 0 Å². The molecule has 2 aromatic rings. The highest BCUT2D eigenvalue weighted by Crippen LogP contribution is 2.52. The van der Waals surface area contributed by atoms with Gasteiger partial charge in [-0.25, -0.2) is 9.59 Å². The number of methoxy groups -OCH3 is 5. The van der Waals surface area contributed by atoms with E-state index in [9.17, 15) is 14.4 Å². The summed E-state index contributed by atoms with van der Waals surface area (Å²) in [5, 5.41) is 2.30. The van der Waals surface area contributed by atoms with Gasteiger partial charge >= 0.3 is 12.2 Å². The summed E-state index contributed by atoms with van der Waals surface area (Å²) in [6.45, 7) is 0.0416. The molecule has 2 aliphatic heterocycles. The second kappa shape index (κ2) is 10.2. The highest BCUT2D eigenvalue weighted by Gasteiger charge is 2.59. The van der Waals surface area contributed by atoms with Crippen molar-refractivity contribution in [2.75, 3.05) is 35.5 Å². The molecule has 2 atom stereocenters. The van der Waals surface area contributed by atoms with Gasteiger partial charge in [0.2, 0.25) is 17.3 Å². The van der Waals surface area contributed by atoms with Crippen molar-refractivity contribution in [3.05, 3.63) is 64.2 Å². The zero-order valence-electron chi connectivity index (χ0n) is 20.8. The molecule has 0 radical (unpaired) electrons. The van der Waals surface area contributed by atoms with Gasteiger partial charge in [-0.2, -0.15) is 10.0 Å². The molecule has 196 valence electrons. The summed E-state index contributed by atoms with van der Waals surface area (Å²) in [4.78, 5) is 40.2. The number of fused-ring (bicyclic) bond motifs is 1.